The van der Waals surface area contributed by atoms with Crippen LogP contribution < -0.4 is 0 Å². The molecule has 0 saturated heterocycles. The number of rotatable bonds is 2. The van der Waals surface area contributed by atoms with Crippen molar-refractivity contribution in [1.29, 1.82) is 0 Å². The summed E-state index contributed by atoms with van der Waals surface area (Å²) < 4.78 is 0. The fourth-order valence-corrected chi connectivity index (χ4v) is 89.3. The van der Waals surface area contributed by atoms with E-state index in [0.717, 1.165) is 0 Å². The van der Waals surface area contributed by atoms with E-state index < -0.39 is 0 Å². The van der Waals surface area contributed by atoms with Crippen molar-refractivity contribution >= 4 is 27.2 Å². The third-order valence-electron chi connectivity index (χ3n) is 0.200. The van der Waals surface area contributed by atoms with Crippen LogP contribution in [0.4, 0.5) is 0 Å². The Labute approximate surface area is 76.8 Å². The van der Waals surface area contributed by atoms with Crippen molar-refractivity contribution < 1.29 is 50.8 Å². The molecule has 0 nitrogen and oxygen atoms in total. The summed E-state index contributed by atoms with van der Waals surface area (Å²) in [5, 5.41) is 0. The maximum absolute atomic E-state index is 1.86. The predicted octanol–water partition coefficient (Wildman–Crippen LogP) is 0.263. The Morgan fingerprint density at radius 3 is 1.50 bits per heavy atom. The molecule has 0 amide bonds. The van der Waals surface area contributed by atoms with Gasteiger partial charge in [0.25, 0.3) is 0 Å². The molecule has 0 aliphatic carbocycles. The van der Waals surface area contributed by atoms with Gasteiger partial charge in [-0.2, -0.15) is 0 Å². The monoisotopic (exact) mass is 332 g/mol. The molecule has 0 bridgehead atoms. The van der Waals surface area contributed by atoms with Crippen LogP contribution in [0.15, 0.2) is 0 Å². The van der Waals surface area contributed by atoms with Gasteiger partial charge in [0.2, 0.25) is 0 Å². The van der Waals surface area contributed by atoms with Gasteiger partial charge in [0, 0.05) is 0 Å². The van der Waals surface area contributed by atoms with Crippen molar-refractivity contribution in [3.8, 4) is 0 Å². The van der Waals surface area contributed by atoms with Crippen LogP contribution in [0, 0.1) is 0 Å². The Kier molecular flexibility index (Phi) is 21.4. The fraction of sp³-hybridized carbons (Fsp3) is 0. The van der Waals surface area contributed by atoms with E-state index in [1.807, 2.05) is 9.58 Å². The van der Waals surface area contributed by atoms with Crippen LogP contribution >= 0.6 is 9.58 Å². The summed E-state index contributed by atoms with van der Waals surface area (Å²) in [5.74, 6) is 0. The summed E-state index contributed by atoms with van der Waals surface area (Å²) in [7, 11) is 0. The van der Waals surface area contributed by atoms with Crippen molar-refractivity contribution in [1.82, 2.24) is 0 Å². The van der Waals surface area contributed by atoms with Crippen LogP contribution in [0.5, 0.6) is 0 Å². The van der Waals surface area contributed by atoms with E-state index in [9.17, 15) is 0 Å². The van der Waals surface area contributed by atoms with Crippen LogP contribution in [0.1, 0.15) is 0 Å². The Bertz CT molecular complexity index is 38.1. The molecule has 6 heavy (non-hydrogen) atoms. The van der Waals surface area contributed by atoms with Gasteiger partial charge in [-0.15, -0.1) is 0 Å². The van der Waals surface area contributed by atoms with Gasteiger partial charge in [-0.25, -0.2) is 0 Å². The molecule has 0 rings (SSSR count). The van der Waals surface area contributed by atoms with E-state index in [2.05, 4.69) is 0 Å². The molecule has 0 unspecified atom stereocenters. The molecule has 0 aromatic heterocycles. The molecule has 0 N–H and O–H groups in total. The molecule has 0 radical (unpaired) electrons. The van der Waals surface area contributed by atoms with E-state index in [4.69, 9.17) is 0 Å². The topological polar surface area (TPSA) is 0 Å². The molecule has 0 aliphatic heterocycles. The molecular formula is H4GeP2Zn3. The van der Waals surface area contributed by atoms with Gasteiger partial charge in [0.15, 0.2) is 0 Å². The molecule has 24 valence electrons. The third-order valence-corrected chi connectivity index (χ3v) is 48.6. The minimum atomic E-state index is 0. The summed E-state index contributed by atoms with van der Waals surface area (Å²) in [6, 6.07) is 0. The fourth-order valence-electron chi connectivity index (χ4n) is 0.0707. The van der Waals surface area contributed by atoms with Crippen molar-refractivity contribution in [2.24, 2.45) is 0 Å². The molecule has 0 atom stereocenters. The first-order valence-corrected chi connectivity index (χ1v) is 19.7. The van der Waals surface area contributed by atoms with E-state index >= 15 is 0 Å². The van der Waals surface area contributed by atoms with E-state index in [1.54, 1.807) is 34.7 Å². The zero-order chi connectivity index (χ0) is 4.12. The van der Waals surface area contributed by atoms with Crippen molar-refractivity contribution in [2.45, 2.75) is 0 Å². The van der Waals surface area contributed by atoms with Crippen LogP contribution in [0.3, 0.4) is 0 Å². The predicted molar refractivity (Wildman–Crippen MR) is 25.2 cm³/mol. The number of hydrogen-bond donors (Lipinski definition) is 0. The summed E-state index contributed by atoms with van der Waals surface area (Å²) in [6.07, 6.45) is 0. The normalized spacial score (nSPS) is 7.33. The van der Waals surface area contributed by atoms with Crippen LogP contribution in [0.2, 0.25) is 0 Å². The van der Waals surface area contributed by atoms with Gasteiger partial charge < -0.3 is 0 Å². The molecule has 0 saturated carbocycles. The zero-order valence-electron chi connectivity index (χ0n) is 3.02. The van der Waals surface area contributed by atoms with Gasteiger partial charge >= 0.3 is 78.0 Å². The molecule has 0 heterocycles. The average molecular weight is 335 g/mol. The SMILES string of the molecule is [GeH4].[Zn]=[P][Zn][P]=[Zn]. The summed E-state index contributed by atoms with van der Waals surface area (Å²) >= 11 is 3.25. The second-order valence-corrected chi connectivity index (χ2v) is 42.8. The first kappa shape index (κ1) is 11.8. The van der Waals surface area contributed by atoms with Crippen LogP contribution in [-0.2, 0) is 50.8 Å². The summed E-state index contributed by atoms with van der Waals surface area (Å²) in [4.78, 5) is 3.72. The standard InChI is InChI=1S/GeH4.2P.3Zn/h1H4;;;;;. The second-order valence-electron chi connectivity index (χ2n) is 0.589. The zero-order valence-corrected chi connectivity index (χ0v) is 13.7. The minimum absolute atomic E-state index is 0. The molecule has 0 fully saturated rings. The Balaban J connectivity index is 0. The van der Waals surface area contributed by atoms with Gasteiger partial charge in [0.05, 0.1) is 0 Å². The van der Waals surface area contributed by atoms with Crippen molar-refractivity contribution in [3.05, 3.63) is 0 Å². The van der Waals surface area contributed by atoms with Crippen LogP contribution in [-0.4, -0.2) is 17.6 Å². The van der Waals surface area contributed by atoms with Crippen LogP contribution in [0.25, 0.3) is 0 Å². The van der Waals surface area contributed by atoms with Gasteiger partial charge in [-0.3, -0.25) is 0 Å². The summed E-state index contributed by atoms with van der Waals surface area (Å²) in [5.41, 5.74) is 0. The first-order chi connectivity index (χ1) is 2.41. The molecule has 0 aromatic rings. The Hall–Kier alpha value is 3.01. The average Bonchev–Trinajstić information content (AvgIpc) is 1.41. The molecule has 0 spiro atoms. The molecule has 6 heteroatoms. The third kappa shape index (κ3) is 10.1. The van der Waals surface area contributed by atoms with Gasteiger partial charge in [0.1, 0.15) is 0 Å². The Morgan fingerprint density at radius 2 is 1.50 bits per heavy atom. The first-order valence-electron chi connectivity index (χ1n) is 1.26. The Morgan fingerprint density at radius 1 is 1.17 bits per heavy atom. The van der Waals surface area contributed by atoms with E-state index in [0.29, 0.717) is 0 Å². The van der Waals surface area contributed by atoms with Crippen molar-refractivity contribution in [2.75, 3.05) is 0 Å². The van der Waals surface area contributed by atoms with Gasteiger partial charge in [-0.1, -0.05) is 0 Å². The quantitative estimate of drug-likeness (QED) is 0.502. The maximum atomic E-state index is 1.86. The molecular weight excluding hydrogens is 331 g/mol. The molecule has 0 aromatic carbocycles. The second kappa shape index (κ2) is 10.9. The van der Waals surface area contributed by atoms with Gasteiger partial charge in [-0.05, 0) is 0 Å². The summed E-state index contributed by atoms with van der Waals surface area (Å²) in [6.45, 7) is 0. The van der Waals surface area contributed by atoms with E-state index in [1.165, 1.54) is 0 Å². The van der Waals surface area contributed by atoms with E-state index in [-0.39, 0.29) is 33.8 Å². The van der Waals surface area contributed by atoms with Crippen molar-refractivity contribution in [3.63, 3.8) is 0 Å². The molecule has 0 aliphatic rings. The number of hydrogen-bond acceptors (Lipinski definition) is 0.